The first-order chi connectivity index (χ1) is 5.04. The number of esters is 1. The zero-order valence-corrected chi connectivity index (χ0v) is 6.37. The van der Waals surface area contributed by atoms with Crippen LogP contribution in [0.15, 0.2) is 0 Å². The molecule has 0 aliphatic carbocycles. The van der Waals surface area contributed by atoms with Gasteiger partial charge in [-0.05, 0) is 6.92 Å². The molecule has 1 unspecified atom stereocenters. The highest BCUT2D eigenvalue weighted by atomic mass is 16.5. The molecule has 0 bridgehead atoms. The van der Waals surface area contributed by atoms with Gasteiger partial charge in [-0.2, -0.15) is 0 Å². The van der Waals surface area contributed by atoms with E-state index in [1.807, 2.05) is 0 Å². The fourth-order valence-corrected chi connectivity index (χ4v) is 0.381. The molecule has 0 aromatic rings. The zero-order valence-electron chi connectivity index (χ0n) is 6.37. The minimum absolute atomic E-state index is 0.0754. The third kappa shape index (κ3) is 5.39. The molecular weight excluding hydrogens is 148 g/mol. The first kappa shape index (κ1) is 9.94. The summed E-state index contributed by atoms with van der Waals surface area (Å²) in [7, 11) is 0. The number of rotatable bonds is 4. The highest BCUT2D eigenvalue weighted by molar-refractivity contribution is 5.73. The van der Waals surface area contributed by atoms with Crippen molar-refractivity contribution in [2.24, 2.45) is 5.92 Å². The highest BCUT2D eigenvalue weighted by Gasteiger charge is 2.08. The fourth-order valence-electron chi connectivity index (χ4n) is 0.381. The minimum Gasteiger partial charge on any atom is -0.481 e. The predicted molar refractivity (Wildman–Crippen MR) is 37.7 cm³/mol. The second-order valence-electron chi connectivity index (χ2n) is 2.21. The van der Waals surface area contributed by atoms with Crippen LogP contribution in [-0.4, -0.2) is 23.7 Å². The van der Waals surface area contributed by atoms with Crippen LogP contribution in [0.2, 0.25) is 0 Å². The van der Waals surface area contributed by atoms with E-state index in [0.29, 0.717) is 0 Å². The van der Waals surface area contributed by atoms with Crippen molar-refractivity contribution in [1.82, 2.24) is 0 Å². The van der Waals surface area contributed by atoms with Gasteiger partial charge in [-0.15, -0.1) is 0 Å². The van der Waals surface area contributed by atoms with Crippen LogP contribution in [0.3, 0.4) is 0 Å². The summed E-state index contributed by atoms with van der Waals surface area (Å²) in [5, 5.41) is 8.16. The van der Waals surface area contributed by atoms with Crippen LogP contribution in [0.25, 0.3) is 0 Å². The Balaban J connectivity index is 3.39. The summed E-state index contributed by atoms with van der Waals surface area (Å²) in [6.07, 6.45) is -0.154. The molecule has 1 radical (unpaired) electrons. The Labute approximate surface area is 65.2 Å². The number of aliphatic carboxylic acids is 1. The molecular formula is C7H11O4. The normalized spacial score (nSPS) is 9.73. The molecule has 0 saturated heterocycles. The number of hydrogen-bond donors (Lipinski definition) is 1. The van der Waals surface area contributed by atoms with Gasteiger partial charge in [-0.3, -0.25) is 9.59 Å². The molecule has 63 valence electrons. The van der Waals surface area contributed by atoms with Crippen molar-refractivity contribution in [2.45, 2.75) is 13.3 Å². The molecule has 0 spiro atoms. The first-order valence-corrected chi connectivity index (χ1v) is 3.25. The molecule has 0 fully saturated rings. The molecule has 0 amide bonds. The summed E-state index contributed by atoms with van der Waals surface area (Å²) in [6, 6.07) is 0. The lowest BCUT2D eigenvalue weighted by molar-refractivity contribution is -0.148. The van der Waals surface area contributed by atoms with E-state index in [-0.39, 0.29) is 13.0 Å². The average molecular weight is 159 g/mol. The summed E-state index contributed by atoms with van der Waals surface area (Å²) in [5.41, 5.74) is 0. The zero-order chi connectivity index (χ0) is 8.85. The van der Waals surface area contributed by atoms with Gasteiger partial charge >= 0.3 is 11.9 Å². The molecule has 4 heteroatoms. The Morgan fingerprint density at radius 2 is 2.18 bits per heavy atom. The summed E-state index contributed by atoms with van der Waals surface area (Å²) in [6.45, 7) is 4.93. The summed E-state index contributed by atoms with van der Waals surface area (Å²) >= 11 is 0. The monoisotopic (exact) mass is 159 g/mol. The van der Waals surface area contributed by atoms with E-state index in [1.165, 1.54) is 0 Å². The topological polar surface area (TPSA) is 63.6 Å². The van der Waals surface area contributed by atoms with E-state index in [1.54, 1.807) is 6.92 Å². The van der Waals surface area contributed by atoms with E-state index >= 15 is 0 Å². The van der Waals surface area contributed by atoms with Crippen LogP contribution in [-0.2, 0) is 14.3 Å². The van der Waals surface area contributed by atoms with Crippen molar-refractivity contribution in [1.29, 1.82) is 0 Å². The van der Waals surface area contributed by atoms with Gasteiger partial charge in [0, 0.05) is 0 Å². The number of carbonyl (C=O) groups is 2. The lowest BCUT2D eigenvalue weighted by Gasteiger charge is -2.04. The van der Waals surface area contributed by atoms with Crippen molar-refractivity contribution in [2.75, 3.05) is 6.61 Å². The lowest BCUT2D eigenvalue weighted by Crippen LogP contribution is -2.14. The fraction of sp³-hybridized carbons (Fsp3) is 0.571. The van der Waals surface area contributed by atoms with Crippen LogP contribution < -0.4 is 0 Å². The second-order valence-corrected chi connectivity index (χ2v) is 2.21. The van der Waals surface area contributed by atoms with Gasteiger partial charge in [-0.25, -0.2) is 0 Å². The van der Waals surface area contributed by atoms with Crippen LogP contribution in [0.1, 0.15) is 13.3 Å². The van der Waals surface area contributed by atoms with Gasteiger partial charge in [0.15, 0.2) is 0 Å². The van der Waals surface area contributed by atoms with Crippen LogP contribution in [0.4, 0.5) is 0 Å². The third-order valence-electron chi connectivity index (χ3n) is 0.963. The van der Waals surface area contributed by atoms with Crippen molar-refractivity contribution in [3.8, 4) is 0 Å². The van der Waals surface area contributed by atoms with Crippen LogP contribution >= 0.6 is 0 Å². The predicted octanol–water partition coefficient (Wildman–Crippen LogP) is 0.474. The number of carboxylic acids is 1. The van der Waals surface area contributed by atoms with Crippen molar-refractivity contribution in [3.63, 3.8) is 0 Å². The average Bonchev–Trinajstić information content (AvgIpc) is 1.86. The number of carbonyl (C=O) groups excluding carboxylic acids is 1. The van der Waals surface area contributed by atoms with Gasteiger partial charge in [0.1, 0.15) is 6.61 Å². The molecule has 1 atom stereocenters. The van der Waals surface area contributed by atoms with E-state index in [0.717, 1.165) is 0 Å². The van der Waals surface area contributed by atoms with Crippen LogP contribution in [0, 0.1) is 12.8 Å². The molecule has 0 saturated carbocycles. The third-order valence-corrected chi connectivity index (χ3v) is 0.963. The molecule has 0 aliphatic rings. The van der Waals surface area contributed by atoms with Crippen molar-refractivity contribution in [3.05, 3.63) is 6.92 Å². The molecule has 0 aromatic heterocycles. The Morgan fingerprint density at radius 1 is 1.64 bits per heavy atom. The van der Waals surface area contributed by atoms with E-state index in [9.17, 15) is 9.59 Å². The van der Waals surface area contributed by atoms with Crippen LogP contribution in [0.5, 0.6) is 0 Å². The first-order valence-electron chi connectivity index (χ1n) is 3.25. The molecule has 0 aliphatic heterocycles. The maximum absolute atomic E-state index is 10.6. The van der Waals surface area contributed by atoms with Gasteiger partial charge in [0.25, 0.3) is 0 Å². The quantitative estimate of drug-likeness (QED) is 0.606. The summed E-state index contributed by atoms with van der Waals surface area (Å²) < 4.78 is 4.53. The van der Waals surface area contributed by atoms with Crippen molar-refractivity contribution >= 4 is 11.9 Å². The summed E-state index contributed by atoms with van der Waals surface area (Å²) in [5.74, 6) is -1.88. The highest BCUT2D eigenvalue weighted by Crippen LogP contribution is 1.95. The Hall–Kier alpha value is -1.06. The van der Waals surface area contributed by atoms with Gasteiger partial charge in [0.05, 0.1) is 12.3 Å². The summed E-state index contributed by atoms with van der Waals surface area (Å²) in [4.78, 5) is 20.6. The van der Waals surface area contributed by atoms with E-state index in [2.05, 4.69) is 11.7 Å². The molecule has 11 heavy (non-hydrogen) atoms. The largest absolute Gasteiger partial charge is 0.481 e. The van der Waals surface area contributed by atoms with E-state index < -0.39 is 17.9 Å². The van der Waals surface area contributed by atoms with Gasteiger partial charge in [-0.1, -0.05) is 6.92 Å². The van der Waals surface area contributed by atoms with E-state index in [4.69, 9.17) is 5.11 Å². The maximum atomic E-state index is 10.6. The van der Waals surface area contributed by atoms with Gasteiger partial charge in [0.2, 0.25) is 0 Å². The Kier molecular flexibility index (Phi) is 4.26. The Bertz CT molecular complexity index is 151. The SMILES string of the molecule is [CH2]C(C)C(=O)OCCC(=O)O. The van der Waals surface area contributed by atoms with Crippen molar-refractivity contribution < 1.29 is 19.4 Å². The molecule has 1 N–H and O–H groups in total. The van der Waals surface area contributed by atoms with Gasteiger partial charge < -0.3 is 9.84 Å². The molecule has 0 aromatic carbocycles. The number of carboxylic acid groups (broad SMARTS) is 1. The minimum atomic E-state index is -0.977. The second kappa shape index (κ2) is 4.71. The number of ether oxygens (including phenoxy) is 1. The molecule has 4 nitrogen and oxygen atoms in total. The Morgan fingerprint density at radius 3 is 2.55 bits per heavy atom. The molecule has 0 rings (SSSR count). The lowest BCUT2D eigenvalue weighted by atomic mass is 10.2. The smallest absolute Gasteiger partial charge is 0.308 e. The molecule has 0 heterocycles. The standard InChI is InChI=1S/C7H11O4/c1-5(2)7(10)11-4-3-6(8)9/h5H,1,3-4H2,2H3,(H,8,9). The maximum Gasteiger partial charge on any atom is 0.308 e. The number of hydrogen-bond acceptors (Lipinski definition) is 3.